The summed E-state index contributed by atoms with van der Waals surface area (Å²) in [5.41, 5.74) is 1.37. The lowest BCUT2D eigenvalue weighted by atomic mass is 10.1. The van der Waals surface area contributed by atoms with E-state index in [0.29, 0.717) is 16.4 Å². The Bertz CT molecular complexity index is 865. The summed E-state index contributed by atoms with van der Waals surface area (Å²) in [6, 6.07) is 16.6. The molecular formula is C17H13N3O2S. The molecule has 0 bridgehead atoms. The number of ether oxygens (including phenoxy) is 1. The predicted octanol–water partition coefficient (Wildman–Crippen LogP) is 3.55. The predicted molar refractivity (Wildman–Crippen MR) is 89.6 cm³/mol. The van der Waals surface area contributed by atoms with Gasteiger partial charge in [-0.25, -0.2) is 4.98 Å². The Morgan fingerprint density at radius 1 is 1.30 bits per heavy atom. The summed E-state index contributed by atoms with van der Waals surface area (Å²) in [6.45, 7) is 0. The van der Waals surface area contributed by atoms with Crippen LogP contribution in [0.4, 0.5) is 5.69 Å². The Balaban J connectivity index is 1.85. The lowest BCUT2D eigenvalue weighted by Gasteiger charge is -2.09. The van der Waals surface area contributed by atoms with E-state index in [-0.39, 0.29) is 0 Å². The van der Waals surface area contributed by atoms with Crippen LogP contribution in [0.15, 0.2) is 48.5 Å². The van der Waals surface area contributed by atoms with Crippen LogP contribution in [0, 0.1) is 11.3 Å². The molecule has 23 heavy (non-hydrogen) atoms. The monoisotopic (exact) mass is 323 g/mol. The molecule has 0 aliphatic rings. The number of rotatable bonds is 4. The van der Waals surface area contributed by atoms with E-state index in [9.17, 15) is 10.1 Å². The molecule has 1 heterocycles. The van der Waals surface area contributed by atoms with Gasteiger partial charge in [0.1, 0.15) is 10.8 Å². The largest absolute Gasteiger partial charge is 0.497 e. The first-order chi connectivity index (χ1) is 11.2. The summed E-state index contributed by atoms with van der Waals surface area (Å²) in [5, 5.41) is 12.6. The highest BCUT2D eigenvalue weighted by Crippen LogP contribution is 2.28. The number of thiazole rings is 1. The molecule has 114 valence electrons. The zero-order chi connectivity index (χ0) is 16.2. The SMILES string of the molecule is COc1cccc(NC(=O)[C@@H](C#N)c2nc3ccccc3s2)c1. The number of aromatic nitrogens is 1. The van der Waals surface area contributed by atoms with Crippen molar-refractivity contribution in [2.45, 2.75) is 5.92 Å². The van der Waals surface area contributed by atoms with Crippen molar-refractivity contribution in [3.63, 3.8) is 0 Å². The maximum absolute atomic E-state index is 12.4. The minimum Gasteiger partial charge on any atom is -0.497 e. The van der Waals surface area contributed by atoms with Crippen LogP contribution in [0.2, 0.25) is 0 Å². The van der Waals surface area contributed by atoms with E-state index in [0.717, 1.165) is 10.2 Å². The number of benzene rings is 2. The molecule has 0 radical (unpaired) electrons. The molecule has 0 unspecified atom stereocenters. The number of carbonyl (C=O) groups excluding carboxylic acids is 1. The van der Waals surface area contributed by atoms with Crippen LogP contribution >= 0.6 is 11.3 Å². The number of nitrogens with one attached hydrogen (secondary N) is 1. The first kappa shape index (κ1) is 15.0. The zero-order valence-corrected chi connectivity index (χ0v) is 13.1. The van der Waals surface area contributed by atoms with Crippen molar-refractivity contribution >= 4 is 33.1 Å². The van der Waals surface area contributed by atoms with Crippen LogP contribution < -0.4 is 10.1 Å². The average Bonchev–Trinajstić information content (AvgIpc) is 2.99. The van der Waals surface area contributed by atoms with Crippen molar-refractivity contribution in [2.75, 3.05) is 12.4 Å². The first-order valence-corrected chi connectivity index (χ1v) is 7.73. The minimum absolute atomic E-state index is 0.403. The lowest BCUT2D eigenvalue weighted by Crippen LogP contribution is -2.19. The summed E-state index contributed by atoms with van der Waals surface area (Å²) >= 11 is 1.36. The Morgan fingerprint density at radius 2 is 2.13 bits per heavy atom. The molecule has 6 heteroatoms. The van der Waals surface area contributed by atoms with Gasteiger partial charge in [0.05, 0.1) is 23.4 Å². The van der Waals surface area contributed by atoms with E-state index >= 15 is 0 Å². The molecule has 1 amide bonds. The van der Waals surface area contributed by atoms with E-state index in [1.54, 1.807) is 31.4 Å². The Labute approximate surface area is 137 Å². The second-order valence-corrected chi connectivity index (χ2v) is 5.87. The number of methoxy groups -OCH3 is 1. The molecule has 0 saturated carbocycles. The van der Waals surface area contributed by atoms with Crippen molar-refractivity contribution in [1.82, 2.24) is 4.98 Å². The van der Waals surface area contributed by atoms with Gasteiger partial charge in [-0.1, -0.05) is 18.2 Å². The second-order valence-electron chi connectivity index (χ2n) is 4.80. The fourth-order valence-corrected chi connectivity index (χ4v) is 3.17. The molecule has 1 aromatic heterocycles. The first-order valence-electron chi connectivity index (χ1n) is 6.91. The molecule has 2 aromatic carbocycles. The average molecular weight is 323 g/mol. The van der Waals surface area contributed by atoms with Crippen LogP contribution in [0.3, 0.4) is 0 Å². The van der Waals surface area contributed by atoms with Gasteiger partial charge in [-0.15, -0.1) is 11.3 Å². The molecule has 3 aromatic rings. The summed E-state index contributed by atoms with van der Waals surface area (Å²) < 4.78 is 6.08. The fraction of sp³-hybridized carbons (Fsp3) is 0.118. The summed E-state index contributed by atoms with van der Waals surface area (Å²) in [7, 11) is 1.56. The van der Waals surface area contributed by atoms with Gasteiger partial charge in [0.15, 0.2) is 5.92 Å². The second kappa shape index (κ2) is 6.46. The number of anilines is 1. The van der Waals surface area contributed by atoms with Crippen molar-refractivity contribution in [2.24, 2.45) is 0 Å². The van der Waals surface area contributed by atoms with Crippen molar-refractivity contribution in [3.05, 3.63) is 53.5 Å². The van der Waals surface area contributed by atoms with Crippen molar-refractivity contribution in [1.29, 1.82) is 5.26 Å². The Morgan fingerprint density at radius 3 is 2.87 bits per heavy atom. The number of para-hydroxylation sites is 1. The maximum Gasteiger partial charge on any atom is 0.248 e. The smallest absolute Gasteiger partial charge is 0.248 e. The normalized spacial score (nSPS) is 11.7. The molecule has 0 spiro atoms. The summed E-state index contributed by atoms with van der Waals surface area (Å²) in [5.74, 6) is -0.713. The number of hydrogen-bond donors (Lipinski definition) is 1. The highest BCUT2D eigenvalue weighted by molar-refractivity contribution is 7.18. The van der Waals surface area contributed by atoms with E-state index in [2.05, 4.69) is 10.3 Å². The Kier molecular flexibility index (Phi) is 4.22. The quantitative estimate of drug-likeness (QED) is 0.796. The molecule has 0 aliphatic carbocycles. The molecular weight excluding hydrogens is 310 g/mol. The number of amides is 1. The third kappa shape index (κ3) is 3.15. The number of fused-ring (bicyclic) bond motifs is 1. The molecule has 0 aliphatic heterocycles. The maximum atomic E-state index is 12.4. The number of hydrogen-bond acceptors (Lipinski definition) is 5. The lowest BCUT2D eigenvalue weighted by molar-refractivity contribution is -0.116. The highest BCUT2D eigenvalue weighted by atomic mass is 32.1. The molecule has 3 rings (SSSR count). The van der Waals surface area contributed by atoms with E-state index < -0.39 is 11.8 Å². The third-order valence-corrected chi connectivity index (χ3v) is 4.39. The standard InChI is InChI=1S/C17H13N3O2S/c1-22-12-6-4-5-11(9-12)19-16(21)13(10-18)17-20-14-7-2-3-8-15(14)23-17/h2-9,13H,1H3,(H,19,21)/t13-/m1/s1. The van der Waals surface area contributed by atoms with Gasteiger partial charge >= 0.3 is 0 Å². The fourth-order valence-electron chi connectivity index (χ4n) is 2.15. The molecule has 0 saturated heterocycles. The van der Waals surface area contributed by atoms with Crippen LogP contribution in [0.5, 0.6) is 5.75 Å². The Hall–Kier alpha value is -2.91. The minimum atomic E-state index is -0.946. The zero-order valence-electron chi connectivity index (χ0n) is 12.3. The highest BCUT2D eigenvalue weighted by Gasteiger charge is 2.24. The summed E-state index contributed by atoms with van der Waals surface area (Å²) in [6.07, 6.45) is 0. The molecule has 1 atom stereocenters. The van der Waals surface area contributed by atoms with Gasteiger partial charge in [-0.2, -0.15) is 5.26 Å². The van der Waals surface area contributed by atoms with Gasteiger partial charge in [0.2, 0.25) is 5.91 Å². The van der Waals surface area contributed by atoms with Crippen LogP contribution in [0.1, 0.15) is 10.9 Å². The number of nitriles is 1. The van der Waals surface area contributed by atoms with Gasteiger partial charge < -0.3 is 10.1 Å². The van der Waals surface area contributed by atoms with Crippen LogP contribution in [0.25, 0.3) is 10.2 Å². The summed E-state index contributed by atoms with van der Waals surface area (Å²) in [4.78, 5) is 16.8. The van der Waals surface area contributed by atoms with E-state index in [4.69, 9.17) is 4.74 Å². The van der Waals surface area contributed by atoms with E-state index in [1.807, 2.05) is 30.3 Å². The van der Waals surface area contributed by atoms with E-state index in [1.165, 1.54) is 11.3 Å². The number of nitrogens with zero attached hydrogens (tertiary/aromatic N) is 2. The van der Waals surface area contributed by atoms with Crippen LogP contribution in [-0.4, -0.2) is 18.0 Å². The molecule has 1 N–H and O–H groups in total. The number of carbonyl (C=O) groups is 1. The van der Waals surface area contributed by atoms with Crippen molar-refractivity contribution < 1.29 is 9.53 Å². The van der Waals surface area contributed by atoms with Crippen LogP contribution in [-0.2, 0) is 4.79 Å². The molecule has 0 fully saturated rings. The third-order valence-electron chi connectivity index (χ3n) is 3.29. The topological polar surface area (TPSA) is 75.0 Å². The van der Waals surface area contributed by atoms with Gasteiger partial charge in [0, 0.05) is 11.8 Å². The van der Waals surface area contributed by atoms with Gasteiger partial charge in [-0.3, -0.25) is 4.79 Å². The van der Waals surface area contributed by atoms with Gasteiger partial charge in [-0.05, 0) is 24.3 Å². The van der Waals surface area contributed by atoms with Crippen molar-refractivity contribution in [3.8, 4) is 11.8 Å². The van der Waals surface area contributed by atoms with Gasteiger partial charge in [0.25, 0.3) is 0 Å². The molecule has 5 nitrogen and oxygen atoms in total.